The van der Waals surface area contributed by atoms with E-state index >= 15 is 0 Å². The van der Waals surface area contributed by atoms with E-state index in [2.05, 4.69) is 67.7 Å². The summed E-state index contributed by atoms with van der Waals surface area (Å²) in [4.78, 5) is 2.04. The highest BCUT2D eigenvalue weighted by atomic mass is 32.1. The highest BCUT2D eigenvalue weighted by Crippen LogP contribution is 2.48. The van der Waals surface area contributed by atoms with Crippen LogP contribution in [0, 0.1) is 0 Å². The Morgan fingerprint density at radius 1 is 0.667 bits per heavy atom. The van der Waals surface area contributed by atoms with Gasteiger partial charge in [0.1, 0.15) is 0 Å². The zero-order valence-electron chi connectivity index (χ0n) is 9.51. The first-order valence-corrected chi connectivity index (χ1v) is 6.73. The maximum atomic E-state index is 4.56. The van der Waals surface area contributed by atoms with Crippen LogP contribution in [-0.4, -0.2) is 0 Å². The predicted molar refractivity (Wildman–Crippen MR) is 82.9 cm³/mol. The summed E-state index contributed by atoms with van der Waals surface area (Å²) in [5.74, 6) is 0. The molecular weight excluding hydrogens is 256 g/mol. The lowest BCUT2D eigenvalue weighted by Gasteiger charge is -2.04. The molecule has 86 valence electrons. The quantitative estimate of drug-likeness (QED) is 0.408. The van der Waals surface area contributed by atoms with Gasteiger partial charge >= 0.3 is 0 Å². The van der Waals surface area contributed by atoms with Gasteiger partial charge in [-0.15, -0.1) is 25.3 Å². The molecule has 0 saturated heterocycles. The molecule has 0 aliphatic heterocycles. The average molecular weight is 266 g/mol. The number of fused-ring (bicyclic) bond motifs is 3. The summed E-state index contributed by atoms with van der Waals surface area (Å²) in [5, 5.41) is 2.55. The molecule has 4 rings (SSSR count). The van der Waals surface area contributed by atoms with Gasteiger partial charge in [-0.2, -0.15) is 0 Å². The van der Waals surface area contributed by atoms with Crippen molar-refractivity contribution in [3.05, 3.63) is 48.5 Å². The highest BCUT2D eigenvalue weighted by Gasteiger charge is 2.21. The third-order valence-corrected chi connectivity index (χ3v) is 4.27. The first-order chi connectivity index (χ1) is 8.75. The largest absolute Gasteiger partial charge is 0.143 e. The molecule has 0 heterocycles. The molecule has 1 aliphatic rings. The summed E-state index contributed by atoms with van der Waals surface area (Å²) in [6.45, 7) is 0. The monoisotopic (exact) mass is 266 g/mol. The minimum Gasteiger partial charge on any atom is -0.143 e. The number of hydrogen-bond donors (Lipinski definition) is 2. The fraction of sp³-hybridized carbons (Fsp3) is 0. The fourth-order valence-corrected chi connectivity index (χ4v) is 3.29. The molecular formula is C16H10S2. The highest BCUT2D eigenvalue weighted by molar-refractivity contribution is 7.80. The molecule has 0 radical (unpaired) electrons. The lowest BCUT2D eigenvalue weighted by Crippen LogP contribution is -1.77. The molecule has 0 atom stereocenters. The summed E-state index contributed by atoms with van der Waals surface area (Å²) in [5.41, 5.74) is 5.18. The molecule has 1 aliphatic carbocycles. The van der Waals surface area contributed by atoms with E-state index in [-0.39, 0.29) is 0 Å². The summed E-state index contributed by atoms with van der Waals surface area (Å²) in [6, 6.07) is 17.0. The molecule has 0 N–H and O–H groups in total. The summed E-state index contributed by atoms with van der Waals surface area (Å²) in [6.07, 6.45) is 0. The molecule has 0 fully saturated rings. The standard InChI is InChI=1S/C16H10S2/c17-9-4-5-10-11-2-1-3-13-15(18)7-6-12(16(11)13)14(10)8-9/h1-8,17-18H. The molecule has 0 spiro atoms. The van der Waals surface area contributed by atoms with Gasteiger partial charge in [0.25, 0.3) is 0 Å². The van der Waals surface area contributed by atoms with Crippen molar-refractivity contribution in [2.24, 2.45) is 0 Å². The summed E-state index contributed by atoms with van der Waals surface area (Å²) < 4.78 is 0. The second-order valence-corrected chi connectivity index (χ2v) is 5.59. The Labute approximate surface area is 116 Å². The number of benzene rings is 3. The average Bonchev–Trinajstić information content (AvgIpc) is 2.69. The van der Waals surface area contributed by atoms with Gasteiger partial charge in [0.05, 0.1) is 0 Å². The fourth-order valence-electron chi connectivity index (χ4n) is 2.83. The van der Waals surface area contributed by atoms with Crippen molar-refractivity contribution in [3.8, 4) is 22.3 Å². The van der Waals surface area contributed by atoms with Crippen LogP contribution in [0.4, 0.5) is 0 Å². The lowest BCUT2D eigenvalue weighted by atomic mass is 10.0. The number of rotatable bonds is 0. The van der Waals surface area contributed by atoms with E-state index in [1.54, 1.807) is 0 Å². The Morgan fingerprint density at radius 3 is 2.33 bits per heavy atom. The van der Waals surface area contributed by atoms with Crippen LogP contribution in [0.1, 0.15) is 0 Å². The zero-order chi connectivity index (χ0) is 12.3. The Morgan fingerprint density at radius 2 is 1.44 bits per heavy atom. The molecule has 0 bridgehead atoms. The van der Waals surface area contributed by atoms with Gasteiger partial charge in [-0.05, 0) is 51.2 Å². The Balaban J connectivity index is 2.26. The third kappa shape index (κ3) is 1.25. The molecule has 0 saturated carbocycles. The minimum atomic E-state index is 1.00. The molecule has 3 aromatic rings. The van der Waals surface area contributed by atoms with Crippen LogP contribution in [0.25, 0.3) is 33.0 Å². The minimum absolute atomic E-state index is 1.00. The van der Waals surface area contributed by atoms with Crippen molar-refractivity contribution in [3.63, 3.8) is 0 Å². The van der Waals surface area contributed by atoms with Crippen LogP contribution in [0.5, 0.6) is 0 Å². The van der Waals surface area contributed by atoms with Gasteiger partial charge in [0.15, 0.2) is 0 Å². The topological polar surface area (TPSA) is 0 Å². The van der Waals surface area contributed by atoms with Gasteiger partial charge < -0.3 is 0 Å². The van der Waals surface area contributed by atoms with E-state index in [0.717, 1.165) is 9.79 Å². The third-order valence-electron chi connectivity index (χ3n) is 3.60. The van der Waals surface area contributed by atoms with Crippen molar-refractivity contribution < 1.29 is 0 Å². The van der Waals surface area contributed by atoms with Crippen molar-refractivity contribution in [1.29, 1.82) is 0 Å². The van der Waals surface area contributed by atoms with Gasteiger partial charge in [-0.1, -0.05) is 30.3 Å². The van der Waals surface area contributed by atoms with Gasteiger partial charge in [-0.25, -0.2) is 0 Å². The van der Waals surface area contributed by atoms with Crippen LogP contribution in [-0.2, 0) is 0 Å². The van der Waals surface area contributed by atoms with Gasteiger partial charge in [0.2, 0.25) is 0 Å². The van der Waals surface area contributed by atoms with E-state index in [1.165, 1.54) is 33.0 Å². The Bertz CT molecular complexity index is 804. The van der Waals surface area contributed by atoms with Crippen molar-refractivity contribution in [2.45, 2.75) is 9.79 Å². The van der Waals surface area contributed by atoms with Crippen LogP contribution in [0.15, 0.2) is 58.3 Å². The molecule has 3 aromatic carbocycles. The van der Waals surface area contributed by atoms with E-state index in [1.807, 2.05) is 6.07 Å². The molecule has 0 aromatic heterocycles. The van der Waals surface area contributed by atoms with Crippen LogP contribution in [0.3, 0.4) is 0 Å². The molecule has 0 amide bonds. The predicted octanol–water partition coefficient (Wildman–Crippen LogP) is 5.06. The maximum absolute atomic E-state index is 4.56. The lowest BCUT2D eigenvalue weighted by molar-refractivity contribution is 1.48. The Hall–Kier alpha value is -1.38. The van der Waals surface area contributed by atoms with Crippen molar-refractivity contribution >= 4 is 36.0 Å². The second-order valence-electron chi connectivity index (χ2n) is 4.59. The van der Waals surface area contributed by atoms with E-state index in [4.69, 9.17) is 0 Å². The smallest absolute Gasteiger partial charge is 0.0119 e. The zero-order valence-corrected chi connectivity index (χ0v) is 11.3. The van der Waals surface area contributed by atoms with Crippen molar-refractivity contribution in [2.75, 3.05) is 0 Å². The Kier molecular flexibility index (Phi) is 2.08. The van der Waals surface area contributed by atoms with E-state index in [9.17, 15) is 0 Å². The van der Waals surface area contributed by atoms with Gasteiger partial charge in [-0.3, -0.25) is 0 Å². The summed E-state index contributed by atoms with van der Waals surface area (Å²) in [7, 11) is 0. The van der Waals surface area contributed by atoms with Crippen LogP contribution < -0.4 is 0 Å². The van der Waals surface area contributed by atoms with Crippen molar-refractivity contribution in [1.82, 2.24) is 0 Å². The maximum Gasteiger partial charge on any atom is 0.0119 e. The SMILES string of the molecule is Sc1ccc2c(c1)-c1ccc(S)c3cccc-2c13. The molecule has 18 heavy (non-hydrogen) atoms. The van der Waals surface area contributed by atoms with Crippen LogP contribution in [0.2, 0.25) is 0 Å². The first kappa shape index (κ1) is 10.5. The van der Waals surface area contributed by atoms with Crippen LogP contribution >= 0.6 is 25.3 Å². The molecule has 0 nitrogen and oxygen atoms in total. The molecule has 2 heteroatoms. The second kappa shape index (κ2) is 3.56. The summed E-state index contributed by atoms with van der Waals surface area (Å²) >= 11 is 9.00. The normalized spacial score (nSPS) is 11.9. The first-order valence-electron chi connectivity index (χ1n) is 5.84. The number of thiol groups is 2. The van der Waals surface area contributed by atoms with E-state index < -0.39 is 0 Å². The van der Waals surface area contributed by atoms with Gasteiger partial charge in [0, 0.05) is 9.79 Å². The number of hydrogen-bond acceptors (Lipinski definition) is 2. The molecule has 0 unspecified atom stereocenters. The van der Waals surface area contributed by atoms with E-state index in [0.29, 0.717) is 0 Å².